The molecule has 150 valence electrons. The highest BCUT2D eigenvalue weighted by molar-refractivity contribution is 6.08. The molecular weight excluding hydrogens is 382 g/mol. The van der Waals surface area contributed by atoms with E-state index >= 15 is 0 Å². The molecule has 0 radical (unpaired) electrons. The zero-order valence-corrected chi connectivity index (χ0v) is 15.7. The topological polar surface area (TPSA) is 75.7 Å². The Balaban J connectivity index is 2.20. The van der Waals surface area contributed by atoms with E-state index in [1.54, 1.807) is 37.3 Å². The Bertz CT molecular complexity index is 985. The molecule has 1 unspecified atom stereocenters. The maximum absolute atomic E-state index is 14.2. The normalized spacial score (nSPS) is 16.5. The Labute approximate surface area is 165 Å². The van der Waals surface area contributed by atoms with Gasteiger partial charge in [-0.15, -0.1) is 0 Å². The molecule has 3 rings (SSSR count). The number of nitrogens with zero attached hydrogens (tertiary/aromatic N) is 1. The molecule has 1 atom stereocenters. The summed E-state index contributed by atoms with van der Waals surface area (Å²) >= 11 is 0. The first kappa shape index (κ1) is 20.2. The lowest BCUT2D eigenvalue weighted by atomic mass is 9.93. The van der Waals surface area contributed by atoms with Crippen molar-refractivity contribution in [2.45, 2.75) is 19.9 Å². The molecule has 8 heteroatoms. The van der Waals surface area contributed by atoms with E-state index in [2.05, 4.69) is 5.32 Å². The lowest BCUT2D eigenvalue weighted by Gasteiger charge is -2.36. The van der Waals surface area contributed by atoms with Gasteiger partial charge in [0.15, 0.2) is 0 Å². The minimum atomic E-state index is -1.21. The molecule has 2 aromatic carbocycles. The minimum absolute atomic E-state index is 0.00254. The number of halogens is 2. The molecule has 0 bridgehead atoms. The van der Waals surface area contributed by atoms with Crippen LogP contribution in [0, 0.1) is 11.6 Å². The monoisotopic (exact) mass is 400 g/mol. The maximum Gasteiger partial charge on any atom is 0.338 e. The van der Waals surface area contributed by atoms with Crippen molar-refractivity contribution >= 4 is 17.9 Å². The molecule has 3 amide bonds. The smallest absolute Gasteiger partial charge is 0.338 e. The zero-order valence-electron chi connectivity index (χ0n) is 15.7. The Morgan fingerprint density at radius 3 is 2.28 bits per heavy atom. The van der Waals surface area contributed by atoms with Crippen LogP contribution in [0.15, 0.2) is 59.8 Å². The largest absolute Gasteiger partial charge is 0.463 e. The van der Waals surface area contributed by atoms with Crippen LogP contribution >= 0.6 is 0 Å². The summed E-state index contributed by atoms with van der Waals surface area (Å²) in [7, 11) is 0. The fraction of sp³-hybridized carbons (Fsp3) is 0.190. The summed E-state index contributed by atoms with van der Waals surface area (Å²) in [4.78, 5) is 39.0. The average molecular weight is 400 g/mol. The molecule has 1 heterocycles. The van der Waals surface area contributed by atoms with Gasteiger partial charge in [-0.3, -0.25) is 4.79 Å². The second-order valence-corrected chi connectivity index (χ2v) is 6.27. The Morgan fingerprint density at radius 2 is 1.69 bits per heavy atom. The van der Waals surface area contributed by atoms with Gasteiger partial charge in [-0.05, 0) is 31.5 Å². The van der Waals surface area contributed by atoms with Crippen molar-refractivity contribution in [1.82, 2.24) is 10.2 Å². The number of carbonyl (C=O) groups is 3. The third-order valence-electron chi connectivity index (χ3n) is 4.45. The van der Waals surface area contributed by atoms with E-state index in [4.69, 9.17) is 4.74 Å². The number of hydrogen-bond donors (Lipinski definition) is 1. The van der Waals surface area contributed by atoms with Crippen LogP contribution in [-0.2, 0) is 9.53 Å². The molecule has 0 spiro atoms. The van der Waals surface area contributed by atoms with E-state index in [0.29, 0.717) is 10.5 Å². The van der Waals surface area contributed by atoms with Crippen molar-refractivity contribution < 1.29 is 27.9 Å². The van der Waals surface area contributed by atoms with Gasteiger partial charge in [0.25, 0.3) is 5.91 Å². The third-order valence-corrected chi connectivity index (χ3v) is 4.45. The highest BCUT2D eigenvalue weighted by Gasteiger charge is 2.43. The van der Waals surface area contributed by atoms with Gasteiger partial charge in [0.05, 0.1) is 12.2 Å². The fourth-order valence-corrected chi connectivity index (χ4v) is 3.20. The standard InChI is InChI=1S/C21H18F2N2O4/c1-3-29-20(27)16-12(2)24-21(28)25(18(16)13-8-5-4-6-9-13)19(26)17-14(22)10-7-11-15(17)23/h4-11,18H,3H2,1-2H3,(H,24,28). The van der Waals surface area contributed by atoms with E-state index in [9.17, 15) is 23.2 Å². The number of carbonyl (C=O) groups excluding carboxylic acids is 3. The van der Waals surface area contributed by atoms with Crippen molar-refractivity contribution in [2.24, 2.45) is 0 Å². The third kappa shape index (κ3) is 3.73. The second-order valence-electron chi connectivity index (χ2n) is 6.27. The van der Waals surface area contributed by atoms with Crippen LogP contribution in [0.25, 0.3) is 0 Å². The number of benzene rings is 2. The van der Waals surface area contributed by atoms with Gasteiger partial charge in [0, 0.05) is 5.70 Å². The number of amides is 3. The van der Waals surface area contributed by atoms with Crippen molar-refractivity contribution in [1.29, 1.82) is 0 Å². The van der Waals surface area contributed by atoms with Gasteiger partial charge in [0.1, 0.15) is 23.2 Å². The zero-order chi connectivity index (χ0) is 21.1. The number of imide groups is 1. The number of ether oxygens (including phenoxy) is 1. The predicted octanol–water partition coefficient (Wildman–Crippen LogP) is 3.71. The summed E-state index contributed by atoms with van der Waals surface area (Å²) in [5.41, 5.74) is -0.274. The van der Waals surface area contributed by atoms with E-state index in [1.807, 2.05) is 0 Å². The fourth-order valence-electron chi connectivity index (χ4n) is 3.20. The Hall–Kier alpha value is -3.55. The summed E-state index contributed by atoms with van der Waals surface area (Å²) < 4.78 is 33.6. The molecule has 0 fully saturated rings. The molecule has 29 heavy (non-hydrogen) atoms. The lowest BCUT2D eigenvalue weighted by Crippen LogP contribution is -2.51. The molecule has 0 saturated carbocycles. The molecule has 1 aliphatic rings. The molecule has 0 aromatic heterocycles. The van der Waals surface area contributed by atoms with Crippen LogP contribution in [0.5, 0.6) is 0 Å². The quantitative estimate of drug-likeness (QED) is 0.794. The summed E-state index contributed by atoms with van der Waals surface area (Å²) in [6.07, 6.45) is 0. The maximum atomic E-state index is 14.2. The summed E-state index contributed by atoms with van der Waals surface area (Å²) in [6.45, 7) is 3.18. The van der Waals surface area contributed by atoms with Crippen LogP contribution in [0.3, 0.4) is 0 Å². The van der Waals surface area contributed by atoms with Crippen molar-refractivity contribution in [3.8, 4) is 0 Å². The first-order valence-electron chi connectivity index (χ1n) is 8.88. The lowest BCUT2D eigenvalue weighted by molar-refractivity contribution is -0.139. The molecule has 0 aliphatic carbocycles. The van der Waals surface area contributed by atoms with Crippen LogP contribution in [0.4, 0.5) is 13.6 Å². The molecule has 1 N–H and O–H groups in total. The van der Waals surface area contributed by atoms with Gasteiger partial charge in [-0.25, -0.2) is 23.3 Å². The first-order chi connectivity index (χ1) is 13.9. The van der Waals surface area contributed by atoms with Crippen molar-refractivity contribution in [3.63, 3.8) is 0 Å². The molecule has 0 saturated heterocycles. The number of nitrogens with one attached hydrogen (secondary N) is 1. The highest BCUT2D eigenvalue weighted by Crippen LogP contribution is 2.35. The molecular formula is C21H18F2N2O4. The summed E-state index contributed by atoms with van der Waals surface area (Å²) in [5.74, 6) is -4.18. The first-order valence-corrected chi connectivity index (χ1v) is 8.88. The van der Waals surface area contributed by atoms with E-state index in [0.717, 1.165) is 18.2 Å². The van der Waals surface area contributed by atoms with Crippen LogP contribution in [-0.4, -0.2) is 29.4 Å². The number of hydrogen-bond acceptors (Lipinski definition) is 4. The summed E-state index contributed by atoms with van der Waals surface area (Å²) in [6, 6.07) is 9.08. The number of urea groups is 1. The van der Waals surface area contributed by atoms with Gasteiger partial charge in [0.2, 0.25) is 0 Å². The van der Waals surface area contributed by atoms with Gasteiger partial charge in [-0.1, -0.05) is 36.4 Å². The number of esters is 1. The molecule has 1 aliphatic heterocycles. The SMILES string of the molecule is CCOC(=O)C1=C(C)NC(=O)N(C(=O)c2c(F)cccc2F)C1c1ccccc1. The van der Waals surface area contributed by atoms with Crippen molar-refractivity contribution in [3.05, 3.63) is 82.6 Å². The Morgan fingerprint density at radius 1 is 1.07 bits per heavy atom. The number of rotatable bonds is 4. The average Bonchev–Trinajstić information content (AvgIpc) is 2.68. The van der Waals surface area contributed by atoms with E-state index in [1.165, 1.54) is 6.92 Å². The highest BCUT2D eigenvalue weighted by atomic mass is 19.1. The molecule has 2 aromatic rings. The van der Waals surface area contributed by atoms with Crippen LogP contribution in [0.2, 0.25) is 0 Å². The van der Waals surface area contributed by atoms with Gasteiger partial charge in [-0.2, -0.15) is 0 Å². The van der Waals surface area contributed by atoms with Crippen LogP contribution in [0.1, 0.15) is 35.8 Å². The molecule has 6 nitrogen and oxygen atoms in total. The van der Waals surface area contributed by atoms with Crippen LogP contribution < -0.4 is 5.32 Å². The minimum Gasteiger partial charge on any atom is -0.463 e. The van der Waals surface area contributed by atoms with E-state index < -0.39 is 41.1 Å². The van der Waals surface area contributed by atoms with E-state index in [-0.39, 0.29) is 17.9 Å². The Kier molecular flexibility index (Phi) is 5.72. The van der Waals surface area contributed by atoms with Gasteiger partial charge >= 0.3 is 12.0 Å². The van der Waals surface area contributed by atoms with Gasteiger partial charge < -0.3 is 10.1 Å². The number of allylic oxidation sites excluding steroid dienone is 1. The summed E-state index contributed by atoms with van der Waals surface area (Å²) in [5, 5.41) is 2.41. The second kappa shape index (κ2) is 8.22. The van der Waals surface area contributed by atoms with Crippen molar-refractivity contribution in [2.75, 3.05) is 6.61 Å². The predicted molar refractivity (Wildman–Crippen MR) is 99.6 cm³/mol.